The third kappa shape index (κ3) is 12.6. The van der Waals surface area contributed by atoms with Crippen molar-refractivity contribution in [2.75, 3.05) is 24.5 Å². The molecule has 0 aliphatic heterocycles. The fraction of sp³-hybridized carbons (Fsp3) is 0.800. The number of hydrogen-bond acceptors (Lipinski definition) is 1. The van der Waals surface area contributed by atoms with Crippen molar-refractivity contribution in [2.24, 2.45) is 0 Å². The van der Waals surface area contributed by atoms with E-state index in [1.54, 1.807) is 0 Å². The molecule has 0 radical (unpaired) electrons. The second kappa shape index (κ2) is 5.15. The molecule has 1 N–H and O–H groups in total. The van der Waals surface area contributed by atoms with Gasteiger partial charge in [0.05, 0.1) is 5.75 Å². The van der Waals surface area contributed by atoms with E-state index in [1.807, 2.05) is 18.8 Å². The quantitative estimate of drug-likeness (QED) is 0.607. The summed E-state index contributed by atoms with van der Waals surface area (Å²) in [5.41, 5.74) is 0. The normalized spacial score (nSPS) is 11.9. The standard InChI is InChI=1S/C5H12O2S.K.H/c1-8(2,3)4-5(6)7;;/h4H2,1-3H3,(H,6,7);;. The van der Waals surface area contributed by atoms with E-state index in [1.165, 1.54) is 0 Å². The topological polar surface area (TPSA) is 37.3 Å². The third-order valence-corrected chi connectivity index (χ3v) is 1.67. The van der Waals surface area contributed by atoms with Crippen LogP contribution < -0.4 is 0 Å². The average molecular weight is 176 g/mol. The van der Waals surface area contributed by atoms with Crippen molar-refractivity contribution >= 4 is 67.4 Å². The summed E-state index contributed by atoms with van der Waals surface area (Å²) in [6.45, 7) is 0. The van der Waals surface area contributed by atoms with Crippen molar-refractivity contribution in [3.8, 4) is 0 Å². The molecule has 0 saturated carbocycles. The van der Waals surface area contributed by atoms with Gasteiger partial charge in [0.1, 0.15) is 0 Å². The zero-order valence-electron chi connectivity index (χ0n) is 5.47. The Labute approximate surface area is 100 Å². The Hall–Kier alpha value is 1.46. The first-order valence-corrected chi connectivity index (χ1v) is 5.32. The average Bonchev–Trinajstić information content (AvgIpc) is 1.21. The van der Waals surface area contributed by atoms with Crippen LogP contribution in [0, 0.1) is 0 Å². The molecule has 0 aromatic heterocycles. The van der Waals surface area contributed by atoms with Gasteiger partial charge in [-0.2, -0.15) is 0 Å². The molecule has 0 aliphatic rings. The van der Waals surface area contributed by atoms with E-state index in [-0.39, 0.29) is 51.4 Å². The van der Waals surface area contributed by atoms with Crippen LogP contribution in [0.25, 0.3) is 0 Å². The fourth-order valence-electron chi connectivity index (χ4n) is 0.370. The predicted molar refractivity (Wildman–Crippen MR) is 45.0 cm³/mol. The Balaban J connectivity index is 0. The molecule has 0 aromatic rings. The molecule has 52 valence electrons. The monoisotopic (exact) mass is 176 g/mol. The third-order valence-electron chi connectivity index (χ3n) is 0.556. The molecule has 0 fully saturated rings. The fourth-order valence-corrected chi connectivity index (χ4v) is 1.11. The summed E-state index contributed by atoms with van der Waals surface area (Å²) >= 11 is 0. The van der Waals surface area contributed by atoms with Crippen LogP contribution in [-0.2, 0) is 4.79 Å². The summed E-state index contributed by atoms with van der Waals surface area (Å²) in [5.74, 6) is -0.361. The van der Waals surface area contributed by atoms with Crippen LogP contribution in [0.2, 0.25) is 0 Å². The molecule has 0 heterocycles. The Morgan fingerprint density at radius 3 is 1.78 bits per heavy atom. The van der Waals surface area contributed by atoms with E-state index in [0.29, 0.717) is 5.75 Å². The molecule has 0 amide bonds. The van der Waals surface area contributed by atoms with Crippen molar-refractivity contribution in [3.63, 3.8) is 0 Å². The Bertz CT molecular complexity index is 97.6. The van der Waals surface area contributed by atoms with Gasteiger partial charge in [-0.3, -0.25) is 4.79 Å². The molecule has 0 rings (SSSR count). The van der Waals surface area contributed by atoms with E-state index >= 15 is 0 Å². The van der Waals surface area contributed by atoms with Crippen LogP contribution in [0.5, 0.6) is 0 Å². The first-order chi connectivity index (χ1) is 3.42. The summed E-state index contributed by atoms with van der Waals surface area (Å²) in [6.07, 6.45) is 5.96. The number of aliphatic carboxylic acids is 1. The maximum atomic E-state index is 10.0. The van der Waals surface area contributed by atoms with E-state index in [9.17, 15) is 4.79 Å². The van der Waals surface area contributed by atoms with Crippen LogP contribution in [0.4, 0.5) is 0 Å². The van der Waals surface area contributed by atoms with Gasteiger partial charge in [-0.1, -0.05) is 0 Å². The molecule has 0 aliphatic carbocycles. The van der Waals surface area contributed by atoms with Crippen LogP contribution in [0.3, 0.4) is 0 Å². The van der Waals surface area contributed by atoms with Gasteiger partial charge in [0.15, 0.2) is 0 Å². The van der Waals surface area contributed by atoms with Crippen LogP contribution in [0.1, 0.15) is 0 Å². The van der Waals surface area contributed by atoms with Gasteiger partial charge in [-0.25, -0.2) is 10.0 Å². The second-order valence-electron chi connectivity index (χ2n) is 2.63. The van der Waals surface area contributed by atoms with Crippen molar-refractivity contribution in [1.29, 1.82) is 0 Å². The molecule has 0 unspecified atom stereocenters. The summed E-state index contributed by atoms with van der Waals surface area (Å²) in [7, 11) is -0.823. The van der Waals surface area contributed by atoms with Gasteiger partial charge < -0.3 is 5.11 Å². The van der Waals surface area contributed by atoms with Gasteiger partial charge in [0, 0.05) is 0 Å². The number of hydrogen-bond donors (Lipinski definition) is 1. The Morgan fingerprint density at radius 1 is 1.44 bits per heavy atom. The minimum absolute atomic E-state index is 0. The molecule has 4 heteroatoms. The van der Waals surface area contributed by atoms with Crippen LogP contribution in [0.15, 0.2) is 0 Å². The second-order valence-corrected chi connectivity index (χ2v) is 7.10. The van der Waals surface area contributed by atoms with Crippen LogP contribution in [-0.4, -0.2) is 87.0 Å². The van der Waals surface area contributed by atoms with Gasteiger partial charge in [-0.05, 0) is 18.8 Å². The maximum absolute atomic E-state index is 10.0. The van der Waals surface area contributed by atoms with E-state index < -0.39 is 16.0 Å². The number of carbonyl (C=O) groups is 1. The Kier molecular flexibility index (Phi) is 7.49. The molecular weight excluding hydrogens is 163 g/mol. The first-order valence-electron chi connectivity index (χ1n) is 2.29. The van der Waals surface area contributed by atoms with Crippen molar-refractivity contribution in [2.45, 2.75) is 0 Å². The minimum atomic E-state index is -0.823. The molecule has 9 heavy (non-hydrogen) atoms. The molecule has 0 spiro atoms. The zero-order chi connectivity index (χ0) is 6.78. The summed E-state index contributed by atoms with van der Waals surface area (Å²) in [6, 6.07) is 0. The number of carboxylic acid groups (broad SMARTS) is 1. The molecule has 0 atom stereocenters. The molecule has 0 saturated heterocycles. The molecule has 0 aromatic carbocycles. The van der Waals surface area contributed by atoms with Crippen molar-refractivity contribution in [3.05, 3.63) is 0 Å². The molecular formula is C5H13KO2S. The van der Waals surface area contributed by atoms with Gasteiger partial charge in [-0.15, -0.1) is 0 Å². The van der Waals surface area contributed by atoms with Crippen molar-refractivity contribution < 1.29 is 9.90 Å². The van der Waals surface area contributed by atoms with Gasteiger partial charge >= 0.3 is 57.4 Å². The summed E-state index contributed by atoms with van der Waals surface area (Å²) in [4.78, 5) is 10.0. The Morgan fingerprint density at radius 2 is 1.78 bits per heavy atom. The summed E-state index contributed by atoms with van der Waals surface area (Å²) < 4.78 is 0. The molecule has 2 nitrogen and oxygen atoms in total. The van der Waals surface area contributed by atoms with Crippen molar-refractivity contribution in [1.82, 2.24) is 0 Å². The first kappa shape index (κ1) is 13.1. The van der Waals surface area contributed by atoms with E-state index in [0.717, 1.165) is 0 Å². The predicted octanol–water partition coefficient (Wildman–Crippen LogP) is 0.117. The van der Waals surface area contributed by atoms with E-state index in [4.69, 9.17) is 5.11 Å². The number of carboxylic acids is 1. The number of rotatable bonds is 2. The van der Waals surface area contributed by atoms with Crippen LogP contribution >= 0.6 is 10.0 Å². The molecule has 0 bridgehead atoms. The zero-order valence-corrected chi connectivity index (χ0v) is 6.29. The summed E-state index contributed by atoms with van der Waals surface area (Å²) in [5, 5.41) is 8.27. The van der Waals surface area contributed by atoms with E-state index in [2.05, 4.69) is 0 Å². The SMILES string of the molecule is CS(C)(C)CC(=O)O.[KH]. The van der Waals surface area contributed by atoms with Gasteiger partial charge in [0.2, 0.25) is 0 Å². The van der Waals surface area contributed by atoms with Gasteiger partial charge in [0.25, 0.3) is 0 Å².